The number of carboxylic acid groups (broad SMARTS) is 1. The largest absolute Gasteiger partial charge is 0.477 e. The van der Waals surface area contributed by atoms with Crippen LogP contribution in [-0.4, -0.2) is 74.5 Å². The molecule has 3 aromatic rings. The van der Waals surface area contributed by atoms with E-state index >= 15 is 0 Å². The average Bonchev–Trinajstić information content (AvgIpc) is 3.37. The van der Waals surface area contributed by atoms with Gasteiger partial charge in [0.05, 0.1) is 0 Å². The Morgan fingerprint density at radius 3 is 2.36 bits per heavy atom. The minimum absolute atomic E-state index is 0.0325. The van der Waals surface area contributed by atoms with Gasteiger partial charge in [-0.05, 0) is 17.4 Å². The summed E-state index contributed by atoms with van der Waals surface area (Å²) in [4.78, 5) is 62.1. The second-order valence-electron chi connectivity index (χ2n) is 9.22. The number of nitrogens with two attached hydrogens (primary N) is 1. The number of benzene rings is 2. The number of oxime groups is 1. The molecule has 2 aromatic carbocycles. The lowest BCUT2D eigenvalue weighted by molar-refractivity contribution is -0.153. The maximum atomic E-state index is 13.4. The number of hydrogen-bond donors (Lipinski definition) is 3. The normalized spacial score (nSPS) is 18.0. The summed E-state index contributed by atoms with van der Waals surface area (Å²) in [6.07, 6.45) is 1.01. The highest BCUT2D eigenvalue weighted by atomic mass is 35.5. The summed E-state index contributed by atoms with van der Waals surface area (Å²) in [6, 6.07) is 17.2. The van der Waals surface area contributed by atoms with Gasteiger partial charge < -0.3 is 25.7 Å². The summed E-state index contributed by atoms with van der Waals surface area (Å²) in [7, 11) is 0. The Morgan fingerprint density at radius 1 is 1.18 bits per heavy atom. The van der Waals surface area contributed by atoms with E-state index in [4.69, 9.17) is 26.9 Å². The SMILES string of the molecule is CSC1=C(C(=O)O)N2C(=O)C(NC(=O)/C(=N\OCC(=O)OC(c3ccccc3)c3ccccc3)c3nc(N)sc3Cl)[C@H]2SC1. The lowest BCUT2D eigenvalue weighted by Crippen LogP contribution is -2.71. The van der Waals surface area contributed by atoms with Crippen molar-refractivity contribution >= 4 is 81.1 Å². The van der Waals surface area contributed by atoms with Gasteiger partial charge in [-0.15, -0.1) is 23.5 Å². The van der Waals surface area contributed by atoms with Gasteiger partial charge in [0.25, 0.3) is 11.8 Å². The van der Waals surface area contributed by atoms with Gasteiger partial charge in [0.2, 0.25) is 6.61 Å². The van der Waals surface area contributed by atoms with Gasteiger partial charge in [-0.1, -0.05) is 88.8 Å². The Hall–Kier alpha value is -4.05. The molecule has 16 heteroatoms. The number of carboxylic acids is 1. The van der Waals surface area contributed by atoms with Crippen LogP contribution >= 0.6 is 46.5 Å². The van der Waals surface area contributed by atoms with Gasteiger partial charge in [-0.2, -0.15) is 0 Å². The highest BCUT2D eigenvalue weighted by Crippen LogP contribution is 2.43. The van der Waals surface area contributed by atoms with Crippen molar-refractivity contribution in [1.29, 1.82) is 0 Å². The number of thiazole rings is 1. The predicted molar refractivity (Wildman–Crippen MR) is 168 cm³/mol. The van der Waals surface area contributed by atoms with Crippen molar-refractivity contribution in [2.24, 2.45) is 5.16 Å². The van der Waals surface area contributed by atoms with E-state index in [1.807, 2.05) is 60.7 Å². The molecule has 1 saturated heterocycles. The van der Waals surface area contributed by atoms with Crippen molar-refractivity contribution in [2.45, 2.75) is 17.5 Å². The van der Waals surface area contributed by atoms with Crippen LogP contribution in [0.15, 0.2) is 76.4 Å². The van der Waals surface area contributed by atoms with E-state index in [-0.39, 0.29) is 20.9 Å². The fourth-order valence-electron chi connectivity index (χ4n) is 4.51. The first-order valence-electron chi connectivity index (χ1n) is 12.9. The quantitative estimate of drug-likeness (QED) is 0.118. The van der Waals surface area contributed by atoms with Crippen LogP contribution in [0.4, 0.5) is 5.13 Å². The van der Waals surface area contributed by atoms with E-state index in [2.05, 4.69) is 15.5 Å². The summed E-state index contributed by atoms with van der Waals surface area (Å²) < 4.78 is 5.74. The van der Waals surface area contributed by atoms with Crippen molar-refractivity contribution in [3.63, 3.8) is 0 Å². The Kier molecular flexibility index (Phi) is 9.78. The number of rotatable bonds is 11. The molecule has 0 radical (unpaired) electrons. The molecule has 44 heavy (non-hydrogen) atoms. The highest BCUT2D eigenvalue weighted by molar-refractivity contribution is 8.05. The lowest BCUT2D eigenvalue weighted by Gasteiger charge is -2.49. The molecule has 1 aromatic heterocycles. The van der Waals surface area contributed by atoms with Gasteiger partial charge in [0.15, 0.2) is 16.9 Å². The second kappa shape index (κ2) is 13.7. The molecule has 228 valence electrons. The number of carbonyl (C=O) groups is 4. The third-order valence-electron chi connectivity index (χ3n) is 6.50. The molecule has 2 aliphatic heterocycles. The van der Waals surface area contributed by atoms with Gasteiger partial charge in [-0.3, -0.25) is 14.5 Å². The smallest absolute Gasteiger partial charge is 0.353 e. The number of thioether (sulfide) groups is 2. The third-order valence-corrected chi connectivity index (χ3v) is 9.88. The van der Waals surface area contributed by atoms with Gasteiger partial charge in [0.1, 0.15) is 27.1 Å². The zero-order valence-corrected chi connectivity index (χ0v) is 26.0. The summed E-state index contributed by atoms with van der Waals surface area (Å²) in [5, 5.41) is 15.5. The number of aliphatic carboxylic acids is 1. The first kappa shape index (κ1) is 31.4. The number of carbonyl (C=O) groups excluding carboxylic acids is 3. The minimum Gasteiger partial charge on any atom is -0.477 e. The van der Waals surface area contributed by atoms with Crippen molar-refractivity contribution in [1.82, 2.24) is 15.2 Å². The molecule has 2 atom stereocenters. The maximum absolute atomic E-state index is 13.4. The molecule has 3 heterocycles. The first-order valence-corrected chi connectivity index (χ1v) is 16.3. The molecule has 1 fully saturated rings. The standard InChI is InChI=1S/C28H24ClN5O7S3/c1-42-16-13-43-26-20(25(37)34(26)21(16)27(38)39)31-24(36)19(18-23(29)44-28(30)32-18)33-40-12-17(35)41-22(14-8-4-2-5-9-14)15-10-6-3-7-11-15/h2-11,20,22,26H,12-13H2,1H3,(H2,30,32)(H,31,36)(H,38,39)/b33-19-/t20?,26-/m1/s1. The van der Waals surface area contributed by atoms with E-state index in [1.54, 1.807) is 6.26 Å². The third kappa shape index (κ3) is 6.55. The molecule has 2 aliphatic rings. The van der Waals surface area contributed by atoms with Crippen LogP contribution in [0.5, 0.6) is 0 Å². The fourth-order valence-corrected chi connectivity index (χ4v) is 7.69. The van der Waals surface area contributed by atoms with Crippen LogP contribution in [0.3, 0.4) is 0 Å². The average molecular weight is 674 g/mol. The van der Waals surface area contributed by atoms with Crippen LogP contribution in [0.1, 0.15) is 22.9 Å². The van der Waals surface area contributed by atoms with Crippen LogP contribution in [0, 0.1) is 0 Å². The zero-order chi connectivity index (χ0) is 31.4. The number of nitrogen functional groups attached to an aromatic ring is 1. The molecule has 4 N–H and O–H groups in total. The van der Waals surface area contributed by atoms with Crippen molar-refractivity contribution in [2.75, 3.05) is 24.3 Å². The zero-order valence-electron chi connectivity index (χ0n) is 22.8. The molecule has 0 spiro atoms. The van der Waals surface area contributed by atoms with E-state index in [9.17, 15) is 24.3 Å². The summed E-state index contributed by atoms with van der Waals surface area (Å²) in [5.41, 5.74) is 6.61. The van der Waals surface area contributed by atoms with Crippen LogP contribution < -0.4 is 11.1 Å². The summed E-state index contributed by atoms with van der Waals surface area (Å²) >= 11 is 9.71. The summed E-state index contributed by atoms with van der Waals surface area (Å²) in [6.45, 7) is -0.664. The monoisotopic (exact) mass is 673 g/mol. The topological polar surface area (TPSA) is 174 Å². The fraction of sp³-hybridized carbons (Fsp3) is 0.214. The Bertz CT molecular complexity index is 1610. The van der Waals surface area contributed by atoms with E-state index in [0.717, 1.165) is 27.4 Å². The molecular formula is C28H24ClN5O7S3. The first-order chi connectivity index (χ1) is 21.2. The van der Waals surface area contributed by atoms with E-state index in [1.165, 1.54) is 23.5 Å². The number of amides is 2. The van der Waals surface area contributed by atoms with Crippen molar-refractivity contribution in [3.05, 3.63) is 92.4 Å². The van der Waals surface area contributed by atoms with E-state index < -0.39 is 53.6 Å². The molecule has 0 bridgehead atoms. The lowest BCUT2D eigenvalue weighted by atomic mass is 10.0. The minimum atomic E-state index is -1.23. The number of esters is 1. The number of hydrogen-bond acceptors (Lipinski definition) is 12. The number of ether oxygens (including phenoxy) is 1. The van der Waals surface area contributed by atoms with Crippen LogP contribution in [-0.2, 0) is 28.8 Å². The Labute approximate surface area is 268 Å². The number of aromatic nitrogens is 1. The molecule has 12 nitrogen and oxygen atoms in total. The number of anilines is 1. The molecule has 2 amide bonds. The Balaban J connectivity index is 1.31. The molecule has 0 aliphatic carbocycles. The Morgan fingerprint density at radius 2 is 1.82 bits per heavy atom. The molecule has 1 unspecified atom stereocenters. The highest BCUT2D eigenvalue weighted by Gasteiger charge is 2.54. The summed E-state index contributed by atoms with van der Waals surface area (Å²) in [5.74, 6) is -3.12. The number of β-lactam (4-membered cyclic amide) rings is 1. The predicted octanol–water partition coefficient (Wildman–Crippen LogP) is 3.49. The number of fused-ring (bicyclic) bond motifs is 1. The number of nitrogens with one attached hydrogen (secondary N) is 1. The van der Waals surface area contributed by atoms with Crippen molar-refractivity contribution in [3.8, 4) is 0 Å². The van der Waals surface area contributed by atoms with E-state index in [0.29, 0.717) is 10.7 Å². The van der Waals surface area contributed by atoms with Crippen molar-refractivity contribution < 1.29 is 33.9 Å². The molecular weight excluding hydrogens is 650 g/mol. The number of nitrogens with zero attached hydrogens (tertiary/aromatic N) is 3. The number of halogens is 1. The molecule has 5 rings (SSSR count). The van der Waals surface area contributed by atoms with Gasteiger partial charge in [-0.25, -0.2) is 14.6 Å². The van der Waals surface area contributed by atoms with Crippen LogP contribution in [0.25, 0.3) is 0 Å². The second-order valence-corrected chi connectivity index (χ2v) is 12.9. The van der Waals surface area contributed by atoms with Crippen LogP contribution in [0.2, 0.25) is 4.34 Å². The maximum Gasteiger partial charge on any atom is 0.353 e. The van der Waals surface area contributed by atoms with Gasteiger partial charge in [0, 0.05) is 10.7 Å². The molecule has 0 saturated carbocycles. The van der Waals surface area contributed by atoms with Gasteiger partial charge >= 0.3 is 11.9 Å².